The first-order chi connectivity index (χ1) is 9.72. The molecular formula is C13H11BrClFN2O2S. The van der Waals surface area contributed by atoms with E-state index in [2.05, 4.69) is 20.7 Å². The highest BCUT2D eigenvalue weighted by molar-refractivity contribution is 9.10. The highest BCUT2D eigenvalue weighted by atomic mass is 79.9. The molecule has 0 saturated heterocycles. The van der Waals surface area contributed by atoms with Crippen molar-refractivity contribution in [2.45, 2.75) is 11.8 Å². The summed E-state index contributed by atoms with van der Waals surface area (Å²) in [5.74, 6) is -0.704. The largest absolute Gasteiger partial charge is 0.398 e. The van der Waals surface area contributed by atoms with Crippen molar-refractivity contribution in [3.63, 3.8) is 0 Å². The molecule has 0 aliphatic heterocycles. The molecule has 2 rings (SSSR count). The van der Waals surface area contributed by atoms with Gasteiger partial charge in [-0.1, -0.05) is 17.7 Å². The highest BCUT2D eigenvalue weighted by Crippen LogP contribution is 2.31. The number of aryl methyl sites for hydroxylation is 1. The van der Waals surface area contributed by atoms with E-state index in [4.69, 9.17) is 17.3 Å². The fourth-order valence-corrected chi connectivity index (χ4v) is 3.94. The van der Waals surface area contributed by atoms with Gasteiger partial charge in [-0.25, -0.2) is 12.8 Å². The number of nitrogens with two attached hydrogens (primary N) is 1. The number of benzene rings is 2. The first-order valence-corrected chi connectivity index (χ1v) is 8.40. The van der Waals surface area contributed by atoms with Crippen LogP contribution in [0.5, 0.6) is 0 Å². The lowest BCUT2D eigenvalue weighted by molar-refractivity contribution is 0.598. The fourth-order valence-electron chi connectivity index (χ4n) is 1.66. The number of sulfonamides is 1. The molecule has 3 N–H and O–H groups in total. The molecule has 0 unspecified atom stereocenters. The molecule has 0 saturated carbocycles. The highest BCUT2D eigenvalue weighted by Gasteiger charge is 2.22. The molecule has 0 aliphatic carbocycles. The molecule has 0 atom stereocenters. The molecule has 0 fully saturated rings. The summed E-state index contributed by atoms with van der Waals surface area (Å²) in [5.41, 5.74) is 6.46. The van der Waals surface area contributed by atoms with Crippen LogP contribution in [0.15, 0.2) is 39.7 Å². The molecule has 8 heteroatoms. The van der Waals surface area contributed by atoms with E-state index in [1.165, 1.54) is 24.3 Å². The predicted molar refractivity (Wildman–Crippen MR) is 85.5 cm³/mol. The van der Waals surface area contributed by atoms with Crippen LogP contribution in [0.4, 0.5) is 15.8 Å². The molecule has 0 bridgehead atoms. The van der Waals surface area contributed by atoms with Gasteiger partial charge in [-0.3, -0.25) is 4.72 Å². The van der Waals surface area contributed by atoms with Crippen molar-refractivity contribution >= 4 is 48.9 Å². The summed E-state index contributed by atoms with van der Waals surface area (Å²) in [6.45, 7) is 1.71. The Morgan fingerprint density at radius 3 is 2.62 bits per heavy atom. The molecule has 0 aliphatic rings. The van der Waals surface area contributed by atoms with E-state index in [-0.39, 0.29) is 25.8 Å². The van der Waals surface area contributed by atoms with Crippen LogP contribution in [0.25, 0.3) is 0 Å². The lowest BCUT2D eigenvalue weighted by Crippen LogP contribution is -2.15. The second-order valence-electron chi connectivity index (χ2n) is 4.34. The zero-order valence-electron chi connectivity index (χ0n) is 10.8. The van der Waals surface area contributed by atoms with Gasteiger partial charge in [-0.2, -0.15) is 0 Å². The van der Waals surface area contributed by atoms with Gasteiger partial charge >= 0.3 is 0 Å². The smallest absolute Gasteiger partial charge is 0.263 e. The predicted octanol–water partition coefficient (Wildman–Crippen LogP) is 3.93. The van der Waals surface area contributed by atoms with Gasteiger partial charge in [0.15, 0.2) is 0 Å². The summed E-state index contributed by atoms with van der Waals surface area (Å²) in [7, 11) is -4.06. The van der Waals surface area contributed by atoms with E-state index in [0.717, 1.165) is 6.07 Å². The van der Waals surface area contributed by atoms with Crippen molar-refractivity contribution in [2.24, 2.45) is 0 Å². The van der Waals surface area contributed by atoms with Gasteiger partial charge in [-0.15, -0.1) is 0 Å². The lowest BCUT2D eigenvalue weighted by Gasteiger charge is -2.13. The monoisotopic (exact) mass is 392 g/mol. The molecule has 0 radical (unpaired) electrons. The van der Waals surface area contributed by atoms with Crippen LogP contribution in [0.2, 0.25) is 5.02 Å². The first-order valence-electron chi connectivity index (χ1n) is 5.75. The minimum absolute atomic E-state index is 0.0154. The van der Waals surface area contributed by atoms with Gasteiger partial charge in [-0.05, 0) is 52.7 Å². The van der Waals surface area contributed by atoms with Gasteiger partial charge in [0.2, 0.25) is 0 Å². The Labute approximate surface area is 135 Å². The number of hydrogen-bond acceptors (Lipinski definition) is 3. The van der Waals surface area contributed by atoms with Crippen molar-refractivity contribution in [3.05, 3.63) is 51.2 Å². The summed E-state index contributed by atoms with van der Waals surface area (Å²) in [5, 5.41) is 0.0154. The Morgan fingerprint density at radius 2 is 2.00 bits per heavy atom. The van der Waals surface area contributed by atoms with E-state index in [0.29, 0.717) is 5.56 Å². The quantitative estimate of drug-likeness (QED) is 0.776. The second-order valence-corrected chi connectivity index (χ2v) is 7.25. The maximum Gasteiger partial charge on any atom is 0.263 e. The molecule has 4 nitrogen and oxygen atoms in total. The standard InChI is InChI=1S/C13H11BrClFN2O2S/c1-7-5-9(15)12(6-11(7)17)21(19,20)18-13-8(14)3-2-4-10(13)16/h2-6,18H,17H2,1H3. The van der Waals surface area contributed by atoms with Gasteiger partial charge in [0, 0.05) is 10.2 Å². The first kappa shape index (κ1) is 16.1. The number of nitrogens with one attached hydrogen (secondary N) is 1. The molecule has 0 heterocycles. The third kappa shape index (κ3) is 3.30. The van der Waals surface area contributed by atoms with Crippen molar-refractivity contribution in [1.82, 2.24) is 0 Å². The summed E-state index contributed by atoms with van der Waals surface area (Å²) >= 11 is 9.04. The van der Waals surface area contributed by atoms with E-state index in [1.807, 2.05) is 0 Å². The van der Waals surface area contributed by atoms with Gasteiger partial charge < -0.3 is 5.73 Å². The third-order valence-electron chi connectivity index (χ3n) is 2.81. The number of nitrogen functional groups attached to an aromatic ring is 1. The summed E-state index contributed by atoms with van der Waals surface area (Å²) in [6, 6.07) is 6.81. The minimum Gasteiger partial charge on any atom is -0.398 e. The molecule has 2 aromatic carbocycles. The van der Waals surface area contributed by atoms with Crippen molar-refractivity contribution < 1.29 is 12.8 Å². The second kappa shape index (κ2) is 5.82. The molecule has 0 aromatic heterocycles. The van der Waals surface area contributed by atoms with Crippen LogP contribution in [0, 0.1) is 12.7 Å². The number of anilines is 2. The molecule has 0 amide bonds. The number of hydrogen-bond donors (Lipinski definition) is 2. The Balaban J connectivity index is 2.51. The van der Waals surface area contributed by atoms with E-state index >= 15 is 0 Å². The normalized spacial score (nSPS) is 11.4. The number of halogens is 3. The van der Waals surface area contributed by atoms with Crippen molar-refractivity contribution in [3.8, 4) is 0 Å². The van der Waals surface area contributed by atoms with Gasteiger partial charge in [0.05, 0.1) is 10.7 Å². The lowest BCUT2D eigenvalue weighted by atomic mass is 10.2. The number of rotatable bonds is 3. The topological polar surface area (TPSA) is 72.2 Å². The summed E-state index contributed by atoms with van der Waals surface area (Å²) in [6.07, 6.45) is 0. The average molecular weight is 394 g/mol. The van der Waals surface area contributed by atoms with Crippen molar-refractivity contribution in [1.29, 1.82) is 0 Å². The van der Waals surface area contributed by atoms with Gasteiger partial charge in [0.25, 0.3) is 10.0 Å². The van der Waals surface area contributed by atoms with E-state index in [1.54, 1.807) is 6.92 Å². The molecular weight excluding hydrogens is 383 g/mol. The van der Waals surface area contributed by atoms with E-state index in [9.17, 15) is 12.8 Å². The molecule has 0 spiro atoms. The number of para-hydroxylation sites is 1. The average Bonchev–Trinajstić information content (AvgIpc) is 2.38. The van der Waals surface area contributed by atoms with Crippen LogP contribution in [-0.2, 0) is 10.0 Å². The van der Waals surface area contributed by atoms with Crippen molar-refractivity contribution in [2.75, 3.05) is 10.5 Å². The Morgan fingerprint density at radius 1 is 1.33 bits per heavy atom. The zero-order chi connectivity index (χ0) is 15.8. The Hall–Kier alpha value is -1.31. The van der Waals surface area contributed by atoms with Crippen LogP contribution >= 0.6 is 27.5 Å². The maximum absolute atomic E-state index is 13.7. The minimum atomic E-state index is -4.06. The van der Waals surface area contributed by atoms with Crippen LogP contribution in [0.3, 0.4) is 0 Å². The molecule has 2 aromatic rings. The van der Waals surface area contributed by atoms with Crippen LogP contribution in [0.1, 0.15) is 5.56 Å². The Bertz CT molecular complexity index is 792. The van der Waals surface area contributed by atoms with Crippen LogP contribution < -0.4 is 10.5 Å². The van der Waals surface area contributed by atoms with E-state index < -0.39 is 15.8 Å². The summed E-state index contributed by atoms with van der Waals surface area (Å²) < 4.78 is 40.9. The maximum atomic E-state index is 13.7. The zero-order valence-corrected chi connectivity index (χ0v) is 14.0. The van der Waals surface area contributed by atoms with Crippen LogP contribution in [-0.4, -0.2) is 8.42 Å². The Kier molecular flexibility index (Phi) is 4.46. The van der Waals surface area contributed by atoms with Gasteiger partial charge in [0.1, 0.15) is 10.7 Å². The fraction of sp³-hybridized carbons (Fsp3) is 0.0769. The SMILES string of the molecule is Cc1cc(Cl)c(S(=O)(=O)Nc2c(F)cccc2Br)cc1N. The summed E-state index contributed by atoms with van der Waals surface area (Å²) in [4.78, 5) is -0.206. The third-order valence-corrected chi connectivity index (χ3v) is 5.28. The molecule has 112 valence electrons. The molecule has 21 heavy (non-hydrogen) atoms.